The average molecular weight is 354 g/mol. The van der Waals surface area contributed by atoms with Crippen LogP contribution in [0, 0.1) is 0 Å². The normalized spacial score (nSPS) is 12.1. The number of carbonyl (C=O) groups excluding carboxylic acids is 2. The highest BCUT2D eigenvalue weighted by Gasteiger charge is 2.38. The third-order valence-corrected chi connectivity index (χ3v) is 3.20. The lowest BCUT2D eigenvalue weighted by molar-refractivity contribution is -0.0605. The van der Waals surface area contributed by atoms with Crippen LogP contribution in [0.1, 0.15) is 27.3 Å². The van der Waals surface area contributed by atoms with Crippen molar-refractivity contribution in [3.8, 4) is 5.75 Å². The number of phenols is 1. The van der Waals surface area contributed by atoms with Crippen LogP contribution in [0.3, 0.4) is 0 Å². The van der Waals surface area contributed by atoms with Gasteiger partial charge in [0, 0.05) is 13.2 Å². The first-order chi connectivity index (χ1) is 11.7. The summed E-state index contributed by atoms with van der Waals surface area (Å²) in [4.78, 5) is 23.8. The number of phenolic OH excluding ortho intramolecular Hbond substituents is 1. The van der Waals surface area contributed by atoms with Crippen LogP contribution >= 0.6 is 0 Å². The third-order valence-electron chi connectivity index (χ3n) is 3.20. The van der Waals surface area contributed by atoms with Crippen molar-refractivity contribution in [1.29, 1.82) is 0 Å². The number of aromatic hydroxyl groups is 1. The molecule has 0 aliphatic heterocycles. The van der Waals surface area contributed by atoms with Gasteiger partial charge in [0.15, 0.2) is 5.78 Å². The van der Waals surface area contributed by atoms with Gasteiger partial charge in [-0.05, 0) is 18.2 Å². The number of carbonyl (C=O) groups is 2. The number of halogens is 3. The molecule has 0 spiro atoms. The van der Waals surface area contributed by atoms with Gasteiger partial charge in [-0.1, -0.05) is 12.1 Å². The number of Topliss-reactive ketones (excluding diaryl/α,β-unsaturated/α-hetero) is 1. The number of alkyl halides is 3. The molecule has 1 aromatic heterocycles. The van der Waals surface area contributed by atoms with Crippen LogP contribution in [0.2, 0.25) is 0 Å². The number of amides is 1. The minimum absolute atomic E-state index is 0.0241. The molecule has 1 aromatic carbocycles. The van der Waals surface area contributed by atoms with Gasteiger partial charge in [0.1, 0.15) is 17.2 Å². The first-order valence-corrected chi connectivity index (χ1v) is 6.93. The van der Waals surface area contributed by atoms with Gasteiger partial charge in [-0.25, -0.2) is 5.43 Å². The number of rotatable bonds is 5. The zero-order valence-corrected chi connectivity index (χ0v) is 12.9. The maximum atomic E-state index is 13.0. The molecule has 0 fully saturated rings. The van der Waals surface area contributed by atoms with Crippen LogP contribution < -0.4 is 5.43 Å². The van der Waals surface area contributed by atoms with Gasteiger partial charge in [-0.15, -0.1) is 0 Å². The van der Waals surface area contributed by atoms with E-state index < -0.39 is 35.7 Å². The quantitative estimate of drug-likeness (QED) is 0.488. The topological polar surface area (TPSA) is 96.6 Å². The number of aromatic nitrogens is 2. The van der Waals surface area contributed by atoms with Gasteiger partial charge in [-0.2, -0.15) is 23.4 Å². The summed E-state index contributed by atoms with van der Waals surface area (Å²) in [6.07, 6.45) is -4.71. The van der Waals surface area contributed by atoms with Crippen LogP contribution in [0.25, 0.3) is 0 Å². The summed E-state index contributed by atoms with van der Waals surface area (Å²) < 4.78 is 40.3. The Kier molecular flexibility index (Phi) is 5.20. The van der Waals surface area contributed by atoms with E-state index in [9.17, 15) is 27.9 Å². The number of hydrogen-bond acceptors (Lipinski definition) is 5. The molecule has 7 nitrogen and oxygen atoms in total. The molecule has 25 heavy (non-hydrogen) atoms. The summed E-state index contributed by atoms with van der Waals surface area (Å²) in [5.41, 5.74) is -0.0326. The zero-order valence-electron chi connectivity index (χ0n) is 12.9. The molecule has 1 heterocycles. The Morgan fingerprint density at radius 3 is 2.52 bits per heavy atom. The minimum Gasteiger partial charge on any atom is -0.507 e. The number of aryl methyl sites for hydroxylation is 1. The predicted octanol–water partition coefficient (Wildman–Crippen LogP) is 2.05. The molecule has 0 radical (unpaired) electrons. The summed E-state index contributed by atoms with van der Waals surface area (Å²) in [6.45, 7) is 0. The summed E-state index contributed by atoms with van der Waals surface area (Å²) >= 11 is 0. The van der Waals surface area contributed by atoms with Crippen molar-refractivity contribution in [2.75, 3.05) is 0 Å². The first-order valence-electron chi connectivity index (χ1n) is 6.93. The van der Waals surface area contributed by atoms with E-state index in [1.54, 1.807) is 5.43 Å². The lowest BCUT2D eigenvalue weighted by Gasteiger charge is -2.10. The number of nitrogens with one attached hydrogen (secondary N) is 1. The molecule has 2 aromatic rings. The fourth-order valence-corrected chi connectivity index (χ4v) is 1.94. The number of para-hydroxylation sites is 1. The highest BCUT2D eigenvalue weighted by Crippen LogP contribution is 2.21. The molecule has 1 amide bonds. The van der Waals surface area contributed by atoms with Crippen LogP contribution in [0.4, 0.5) is 13.2 Å². The van der Waals surface area contributed by atoms with Crippen molar-refractivity contribution in [3.05, 3.63) is 47.8 Å². The Balaban J connectivity index is 2.19. The Hall–Kier alpha value is -3.17. The smallest absolute Gasteiger partial charge is 0.431 e. The summed E-state index contributed by atoms with van der Waals surface area (Å²) in [6, 6.07) is 6.57. The van der Waals surface area contributed by atoms with Crippen molar-refractivity contribution in [2.45, 2.75) is 12.6 Å². The largest absolute Gasteiger partial charge is 0.507 e. The second-order valence-electron chi connectivity index (χ2n) is 4.95. The van der Waals surface area contributed by atoms with E-state index >= 15 is 0 Å². The van der Waals surface area contributed by atoms with E-state index in [4.69, 9.17) is 0 Å². The first kappa shape index (κ1) is 18.2. The second-order valence-corrected chi connectivity index (χ2v) is 4.95. The fourth-order valence-electron chi connectivity index (χ4n) is 1.94. The van der Waals surface area contributed by atoms with E-state index in [2.05, 4.69) is 10.2 Å². The standard InChI is InChI=1S/C15H13F3N4O3/c1-22-10(6-7-19-22)12(24)8-13(15(16,17)18)20-21-14(25)9-4-2-3-5-11(9)23/h2-7,23H,8H2,1H3,(H,21,25)/b20-13+. The molecular weight excluding hydrogens is 341 g/mol. The van der Waals surface area contributed by atoms with Crippen molar-refractivity contribution in [3.63, 3.8) is 0 Å². The van der Waals surface area contributed by atoms with Gasteiger partial charge < -0.3 is 5.11 Å². The highest BCUT2D eigenvalue weighted by molar-refractivity contribution is 6.11. The van der Waals surface area contributed by atoms with Crippen LogP contribution in [-0.4, -0.2) is 38.5 Å². The number of benzene rings is 1. The van der Waals surface area contributed by atoms with E-state index in [1.165, 1.54) is 43.6 Å². The Bertz CT molecular complexity index is 827. The van der Waals surface area contributed by atoms with E-state index in [1.807, 2.05) is 0 Å². The SMILES string of the molecule is Cn1nccc1C(=O)C/C(=N\NC(=O)c1ccccc1O)C(F)(F)F. The average Bonchev–Trinajstić information content (AvgIpc) is 2.96. The number of nitrogens with zero attached hydrogens (tertiary/aromatic N) is 3. The van der Waals surface area contributed by atoms with Crippen molar-refractivity contribution in [2.24, 2.45) is 12.1 Å². The van der Waals surface area contributed by atoms with E-state index in [0.717, 1.165) is 4.68 Å². The van der Waals surface area contributed by atoms with Crippen molar-refractivity contribution >= 4 is 17.4 Å². The van der Waals surface area contributed by atoms with Crippen molar-refractivity contribution < 1.29 is 27.9 Å². The van der Waals surface area contributed by atoms with Crippen LogP contribution in [-0.2, 0) is 7.05 Å². The molecule has 132 valence electrons. The molecule has 0 saturated carbocycles. The van der Waals surface area contributed by atoms with Gasteiger partial charge in [0.25, 0.3) is 5.91 Å². The molecule has 0 aliphatic carbocycles. The summed E-state index contributed by atoms with van der Waals surface area (Å²) in [7, 11) is 1.41. The van der Waals surface area contributed by atoms with Gasteiger partial charge in [0.2, 0.25) is 0 Å². The molecule has 0 bridgehead atoms. The maximum Gasteiger partial charge on any atom is 0.431 e. The Morgan fingerprint density at radius 1 is 1.28 bits per heavy atom. The second kappa shape index (κ2) is 7.16. The predicted molar refractivity (Wildman–Crippen MR) is 81.2 cm³/mol. The summed E-state index contributed by atoms with van der Waals surface area (Å²) in [5.74, 6) is -2.30. The molecule has 10 heteroatoms. The fraction of sp³-hybridized carbons (Fsp3) is 0.200. The molecule has 0 aliphatic rings. The lowest BCUT2D eigenvalue weighted by atomic mass is 10.1. The number of hydrogen-bond donors (Lipinski definition) is 2. The van der Waals surface area contributed by atoms with Crippen molar-refractivity contribution in [1.82, 2.24) is 15.2 Å². The molecule has 2 rings (SSSR count). The monoisotopic (exact) mass is 354 g/mol. The van der Waals surface area contributed by atoms with Gasteiger partial charge >= 0.3 is 6.18 Å². The van der Waals surface area contributed by atoms with Gasteiger partial charge in [-0.3, -0.25) is 14.3 Å². The third kappa shape index (κ3) is 4.43. The minimum atomic E-state index is -4.92. The van der Waals surface area contributed by atoms with Crippen LogP contribution in [0.15, 0.2) is 41.6 Å². The molecule has 2 N–H and O–H groups in total. The zero-order chi connectivity index (χ0) is 18.6. The lowest BCUT2D eigenvalue weighted by Crippen LogP contribution is -2.30. The molecular formula is C15H13F3N4O3. The highest BCUT2D eigenvalue weighted by atomic mass is 19.4. The number of ketones is 1. The Morgan fingerprint density at radius 2 is 1.96 bits per heavy atom. The van der Waals surface area contributed by atoms with E-state index in [0.29, 0.717) is 0 Å². The molecule has 0 atom stereocenters. The molecule has 0 saturated heterocycles. The Labute approximate surface area is 139 Å². The van der Waals surface area contributed by atoms with Gasteiger partial charge in [0.05, 0.1) is 12.0 Å². The summed E-state index contributed by atoms with van der Waals surface area (Å²) in [5, 5.41) is 16.2. The number of hydrazone groups is 1. The molecule has 0 unspecified atom stereocenters. The van der Waals surface area contributed by atoms with E-state index in [-0.39, 0.29) is 11.3 Å². The maximum absolute atomic E-state index is 13.0. The van der Waals surface area contributed by atoms with Crippen LogP contribution in [0.5, 0.6) is 5.75 Å².